The third-order valence-corrected chi connectivity index (χ3v) is 10.5. The molecule has 4 atom stereocenters. The largest absolute Gasteiger partial charge is 0.481 e. The van der Waals surface area contributed by atoms with Gasteiger partial charge in [0.25, 0.3) is 0 Å². The van der Waals surface area contributed by atoms with Crippen LogP contribution < -0.4 is 0 Å². The number of rotatable bonds is 13. The summed E-state index contributed by atoms with van der Waals surface area (Å²) in [4.78, 5) is 13.2. The fourth-order valence-electron chi connectivity index (χ4n) is 4.15. The zero-order valence-corrected chi connectivity index (χ0v) is 21.2. The molecule has 2 aliphatic heterocycles. The predicted molar refractivity (Wildman–Crippen MR) is 128 cm³/mol. The SMILES string of the molecule is CC(C)(CO)CCCC1CC=C(CCC2CC=C(CCCC(C)(C)C(=O)O)S2=O)S1=O. The van der Waals surface area contributed by atoms with Gasteiger partial charge in [0.2, 0.25) is 0 Å². The molecular formula is C24H40O5S2. The standard InChI is InChI=1S/C24H40O5S2/c1-23(2,17-25)15-5-7-18-9-11-20(30(18)28)13-14-21-12-10-19(31(21)29)8-6-16-24(3,4)22(26)27/h10-11,18,21,25H,5-9,12-17H2,1-4H3,(H,26,27). The Morgan fingerprint density at radius 3 is 2.03 bits per heavy atom. The summed E-state index contributed by atoms with van der Waals surface area (Å²) in [6.07, 6.45) is 12.2. The molecule has 0 saturated carbocycles. The molecule has 0 spiro atoms. The molecule has 0 aromatic heterocycles. The molecule has 178 valence electrons. The molecule has 0 bridgehead atoms. The van der Waals surface area contributed by atoms with E-state index < -0.39 is 33.0 Å². The van der Waals surface area contributed by atoms with E-state index in [1.54, 1.807) is 13.8 Å². The number of carboxylic acid groups (broad SMARTS) is 1. The molecule has 0 radical (unpaired) electrons. The van der Waals surface area contributed by atoms with E-state index >= 15 is 0 Å². The number of hydrogen-bond donors (Lipinski definition) is 2. The topological polar surface area (TPSA) is 91.7 Å². The van der Waals surface area contributed by atoms with Crippen LogP contribution in [-0.4, -0.2) is 41.7 Å². The number of hydrogen-bond acceptors (Lipinski definition) is 4. The van der Waals surface area contributed by atoms with Crippen LogP contribution in [0.4, 0.5) is 0 Å². The van der Waals surface area contributed by atoms with Crippen LogP contribution >= 0.6 is 0 Å². The lowest BCUT2D eigenvalue weighted by molar-refractivity contribution is -0.147. The second-order valence-electron chi connectivity index (χ2n) is 10.4. The highest BCUT2D eigenvalue weighted by Gasteiger charge is 2.31. The molecule has 0 aromatic carbocycles. The molecule has 0 saturated heterocycles. The van der Waals surface area contributed by atoms with Gasteiger partial charge in [0.15, 0.2) is 0 Å². The fourth-order valence-corrected chi connectivity index (χ4v) is 7.45. The fraction of sp³-hybridized carbons (Fsp3) is 0.792. The van der Waals surface area contributed by atoms with E-state index in [2.05, 4.69) is 26.0 Å². The summed E-state index contributed by atoms with van der Waals surface area (Å²) in [5.74, 6) is -0.792. The van der Waals surface area contributed by atoms with Crippen LogP contribution in [0.2, 0.25) is 0 Å². The van der Waals surface area contributed by atoms with E-state index in [4.69, 9.17) is 0 Å². The highest BCUT2D eigenvalue weighted by molar-refractivity contribution is 7.90. The molecule has 2 N–H and O–H groups in total. The van der Waals surface area contributed by atoms with E-state index in [0.717, 1.165) is 61.2 Å². The highest BCUT2D eigenvalue weighted by atomic mass is 32.2. The molecule has 2 aliphatic rings. The van der Waals surface area contributed by atoms with Crippen molar-refractivity contribution in [2.45, 2.75) is 102 Å². The van der Waals surface area contributed by atoms with Crippen LogP contribution in [0.25, 0.3) is 0 Å². The minimum atomic E-state index is -1.01. The Morgan fingerprint density at radius 1 is 0.935 bits per heavy atom. The Hall–Kier alpha value is -0.790. The summed E-state index contributed by atoms with van der Waals surface area (Å²) >= 11 is 0. The Labute approximate surface area is 192 Å². The molecule has 31 heavy (non-hydrogen) atoms. The zero-order chi connectivity index (χ0) is 23.2. The lowest BCUT2D eigenvalue weighted by Crippen LogP contribution is -2.23. The quantitative estimate of drug-likeness (QED) is 0.391. The Balaban J connectivity index is 1.71. The van der Waals surface area contributed by atoms with Gasteiger partial charge in [0.1, 0.15) is 0 Å². The van der Waals surface area contributed by atoms with Crippen molar-refractivity contribution < 1.29 is 23.4 Å². The van der Waals surface area contributed by atoms with E-state index in [1.165, 1.54) is 0 Å². The first-order chi connectivity index (χ1) is 14.5. The minimum Gasteiger partial charge on any atom is -0.481 e. The van der Waals surface area contributed by atoms with Crippen LogP contribution in [0.1, 0.15) is 91.9 Å². The van der Waals surface area contributed by atoms with Gasteiger partial charge < -0.3 is 10.2 Å². The van der Waals surface area contributed by atoms with Gasteiger partial charge in [0.05, 0.1) is 27.0 Å². The van der Waals surface area contributed by atoms with Gasteiger partial charge in [0, 0.05) is 26.9 Å². The molecule has 5 nitrogen and oxygen atoms in total. The average Bonchev–Trinajstić information content (AvgIpc) is 3.23. The lowest BCUT2D eigenvalue weighted by Gasteiger charge is -2.22. The van der Waals surface area contributed by atoms with Gasteiger partial charge in [-0.3, -0.25) is 13.2 Å². The molecule has 0 aromatic rings. The molecule has 0 aliphatic carbocycles. The van der Waals surface area contributed by atoms with Crippen LogP contribution in [0.15, 0.2) is 22.0 Å². The third-order valence-electron chi connectivity index (χ3n) is 6.66. The van der Waals surface area contributed by atoms with Crippen molar-refractivity contribution in [3.63, 3.8) is 0 Å². The second-order valence-corrected chi connectivity index (χ2v) is 14.0. The van der Waals surface area contributed by atoms with Crippen LogP contribution in [-0.2, 0) is 26.4 Å². The monoisotopic (exact) mass is 472 g/mol. The molecule has 0 amide bonds. The van der Waals surface area contributed by atoms with Gasteiger partial charge >= 0.3 is 5.97 Å². The predicted octanol–water partition coefficient (Wildman–Crippen LogP) is 5.05. The Bertz CT molecular complexity index is 751. The summed E-state index contributed by atoms with van der Waals surface area (Å²) in [6, 6.07) is 0. The third kappa shape index (κ3) is 7.64. The van der Waals surface area contributed by atoms with Gasteiger partial charge in [-0.25, -0.2) is 0 Å². The summed E-state index contributed by atoms with van der Waals surface area (Å²) in [5, 5.41) is 18.9. The van der Waals surface area contributed by atoms with Crippen LogP contribution in [0, 0.1) is 10.8 Å². The normalized spacial score (nSPS) is 26.7. The number of aliphatic carboxylic acids is 1. The maximum Gasteiger partial charge on any atom is 0.309 e. The molecule has 4 unspecified atom stereocenters. The zero-order valence-electron chi connectivity index (χ0n) is 19.5. The maximum absolute atomic E-state index is 12.8. The van der Waals surface area contributed by atoms with Crippen molar-refractivity contribution in [2.24, 2.45) is 10.8 Å². The summed E-state index contributed by atoms with van der Waals surface area (Å²) in [6.45, 7) is 7.75. The van der Waals surface area contributed by atoms with Gasteiger partial charge in [-0.15, -0.1) is 0 Å². The number of aliphatic hydroxyl groups is 1. The van der Waals surface area contributed by atoms with Crippen LogP contribution in [0.3, 0.4) is 0 Å². The maximum atomic E-state index is 12.8. The van der Waals surface area contributed by atoms with E-state index in [1.807, 2.05) is 0 Å². The van der Waals surface area contributed by atoms with E-state index in [9.17, 15) is 23.4 Å². The molecule has 2 heterocycles. The summed E-state index contributed by atoms with van der Waals surface area (Å²) < 4.78 is 25.6. The van der Waals surface area contributed by atoms with Gasteiger partial charge in [-0.2, -0.15) is 0 Å². The molecule has 7 heteroatoms. The van der Waals surface area contributed by atoms with Gasteiger partial charge in [-0.1, -0.05) is 32.4 Å². The second kappa shape index (κ2) is 11.4. The highest BCUT2D eigenvalue weighted by Crippen LogP contribution is 2.35. The molecule has 2 rings (SSSR count). The number of carbonyl (C=O) groups is 1. The summed E-state index contributed by atoms with van der Waals surface area (Å²) in [5.41, 5.74) is -0.819. The van der Waals surface area contributed by atoms with Crippen LogP contribution in [0.5, 0.6) is 0 Å². The molecule has 0 fully saturated rings. The van der Waals surface area contributed by atoms with Crippen molar-refractivity contribution in [3.05, 3.63) is 22.0 Å². The average molecular weight is 473 g/mol. The smallest absolute Gasteiger partial charge is 0.309 e. The number of carboxylic acids is 1. The van der Waals surface area contributed by atoms with E-state index in [0.29, 0.717) is 12.8 Å². The molecular weight excluding hydrogens is 432 g/mol. The summed E-state index contributed by atoms with van der Waals surface area (Å²) in [7, 11) is -1.95. The first kappa shape index (κ1) is 26.5. The Kier molecular flexibility index (Phi) is 9.71. The minimum absolute atomic E-state index is 0.0724. The lowest BCUT2D eigenvalue weighted by atomic mass is 9.87. The van der Waals surface area contributed by atoms with Crippen molar-refractivity contribution in [1.82, 2.24) is 0 Å². The first-order valence-electron chi connectivity index (χ1n) is 11.5. The Morgan fingerprint density at radius 2 is 1.48 bits per heavy atom. The van der Waals surface area contributed by atoms with Crippen molar-refractivity contribution >= 4 is 27.6 Å². The number of aliphatic hydroxyl groups excluding tert-OH is 1. The number of allylic oxidation sites excluding steroid dienone is 4. The van der Waals surface area contributed by atoms with E-state index in [-0.39, 0.29) is 22.5 Å². The van der Waals surface area contributed by atoms with Crippen molar-refractivity contribution in [3.8, 4) is 0 Å². The van der Waals surface area contributed by atoms with Crippen molar-refractivity contribution in [1.29, 1.82) is 0 Å². The van der Waals surface area contributed by atoms with Gasteiger partial charge in [-0.05, 0) is 77.0 Å². The first-order valence-corrected chi connectivity index (χ1v) is 13.9. The van der Waals surface area contributed by atoms with Crippen molar-refractivity contribution in [2.75, 3.05) is 6.61 Å².